The predicted octanol–water partition coefficient (Wildman–Crippen LogP) is 3.84. The van der Waals surface area contributed by atoms with Gasteiger partial charge in [-0.2, -0.15) is 0 Å². The van der Waals surface area contributed by atoms with Crippen LogP contribution in [0.5, 0.6) is 0 Å². The summed E-state index contributed by atoms with van der Waals surface area (Å²) in [7, 11) is 0. The normalized spacial score (nSPS) is 16.8. The molecule has 1 unspecified atom stereocenters. The molecule has 138 valence electrons. The molecule has 0 saturated carbocycles. The summed E-state index contributed by atoms with van der Waals surface area (Å²) in [5.41, 5.74) is 5.66. The topological polar surface area (TPSA) is 28.2 Å². The zero-order chi connectivity index (χ0) is 18.3. The van der Waals surface area contributed by atoms with E-state index < -0.39 is 0 Å². The van der Waals surface area contributed by atoms with Crippen LogP contribution < -0.4 is 5.32 Å². The molecule has 27 heavy (non-hydrogen) atoms. The van der Waals surface area contributed by atoms with Crippen LogP contribution in [0.1, 0.15) is 22.3 Å². The smallest absolute Gasteiger partial charge is 0.0312 e. The van der Waals surface area contributed by atoms with Crippen LogP contribution in [0.2, 0.25) is 0 Å². The monoisotopic (exact) mass is 357 g/mol. The fraction of sp³-hybridized carbons (Fsp3) is 0.292. The van der Waals surface area contributed by atoms with Crippen LogP contribution in [0.25, 0.3) is 0 Å². The maximum atomic E-state index is 4.19. The zero-order valence-electron chi connectivity index (χ0n) is 15.7. The molecular weight excluding hydrogens is 330 g/mol. The fourth-order valence-electron chi connectivity index (χ4n) is 3.95. The van der Waals surface area contributed by atoms with Gasteiger partial charge in [-0.3, -0.25) is 9.88 Å². The van der Waals surface area contributed by atoms with Crippen LogP contribution >= 0.6 is 0 Å². The summed E-state index contributed by atoms with van der Waals surface area (Å²) in [6, 6.07) is 24.5. The highest BCUT2D eigenvalue weighted by Gasteiger charge is 2.25. The number of hydrogen-bond acceptors (Lipinski definition) is 3. The second kappa shape index (κ2) is 8.94. The van der Waals surface area contributed by atoms with Gasteiger partial charge >= 0.3 is 0 Å². The van der Waals surface area contributed by atoms with Crippen LogP contribution in [0.15, 0.2) is 79.1 Å². The minimum Gasteiger partial charge on any atom is -0.311 e. The molecule has 1 atom stereocenters. The number of rotatable bonds is 7. The summed E-state index contributed by atoms with van der Waals surface area (Å²) >= 11 is 0. The highest BCUT2D eigenvalue weighted by atomic mass is 15.2. The van der Waals surface area contributed by atoms with Crippen molar-refractivity contribution in [2.75, 3.05) is 13.1 Å². The van der Waals surface area contributed by atoms with Crippen LogP contribution in [0.3, 0.4) is 0 Å². The Morgan fingerprint density at radius 1 is 0.889 bits per heavy atom. The van der Waals surface area contributed by atoms with Crippen LogP contribution in [-0.2, 0) is 25.9 Å². The van der Waals surface area contributed by atoms with Crippen molar-refractivity contribution < 1.29 is 0 Å². The first-order valence-corrected chi connectivity index (χ1v) is 9.83. The Morgan fingerprint density at radius 3 is 2.48 bits per heavy atom. The van der Waals surface area contributed by atoms with Crippen molar-refractivity contribution in [3.8, 4) is 0 Å². The Morgan fingerprint density at radius 2 is 1.67 bits per heavy atom. The van der Waals surface area contributed by atoms with Crippen LogP contribution in [-0.4, -0.2) is 29.0 Å². The molecular formula is C24H27N3. The quantitative estimate of drug-likeness (QED) is 0.651. The van der Waals surface area contributed by atoms with Crippen molar-refractivity contribution in [2.45, 2.75) is 32.0 Å². The van der Waals surface area contributed by atoms with E-state index in [1.54, 1.807) is 0 Å². The van der Waals surface area contributed by atoms with Gasteiger partial charge in [-0.1, -0.05) is 60.7 Å². The van der Waals surface area contributed by atoms with Crippen molar-refractivity contribution in [3.05, 3.63) is 101 Å². The van der Waals surface area contributed by atoms with Gasteiger partial charge in [0.2, 0.25) is 0 Å². The lowest BCUT2D eigenvalue weighted by Gasteiger charge is -2.37. The van der Waals surface area contributed by atoms with E-state index in [1.807, 2.05) is 18.5 Å². The summed E-state index contributed by atoms with van der Waals surface area (Å²) in [6.45, 7) is 3.97. The lowest BCUT2D eigenvalue weighted by atomic mass is 9.90. The third kappa shape index (κ3) is 4.82. The summed E-state index contributed by atoms with van der Waals surface area (Å²) < 4.78 is 0. The summed E-state index contributed by atoms with van der Waals surface area (Å²) in [5, 5.41) is 3.58. The number of nitrogens with zero attached hydrogens (tertiary/aromatic N) is 2. The van der Waals surface area contributed by atoms with Crippen molar-refractivity contribution in [1.82, 2.24) is 15.2 Å². The molecule has 1 aliphatic heterocycles. The zero-order valence-corrected chi connectivity index (χ0v) is 15.7. The fourth-order valence-corrected chi connectivity index (χ4v) is 3.95. The molecule has 0 bridgehead atoms. The Balaban J connectivity index is 1.39. The van der Waals surface area contributed by atoms with E-state index in [9.17, 15) is 0 Å². The highest BCUT2D eigenvalue weighted by molar-refractivity contribution is 5.31. The van der Waals surface area contributed by atoms with Crippen molar-refractivity contribution >= 4 is 0 Å². The number of hydrogen-bond donors (Lipinski definition) is 1. The molecule has 3 heteroatoms. The Hall–Kier alpha value is -2.49. The first kappa shape index (κ1) is 17.9. The predicted molar refractivity (Wildman–Crippen MR) is 110 cm³/mol. The molecule has 0 radical (unpaired) electrons. The Labute approximate surface area is 162 Å². The second-order valence-corrected chi connectivity index (χ2v) is 7.32. The van der Waals surface area contributed by atoms with Gasteiger partial charge < -0.3 is 5.32 Å². The Kier molecular flexibility index (Phi) is 5.92. The van der Waals surface area contributed by atoms with Crippen molar-refractivity contribution in [2.24, 2.45) is 0 Å². The molecule has 0 amide bonds. The summed E-state index contributed by atoms with van der Waals surface area (Å²) in [4.78, 5) is 6.83. The van der Waals surface area contributed by atoms with E-state index in [2.05, 4.69) is 75.9 Å². The molecule has 4 rings (SSSR count). The average Bonchev–Trinajstić information content (AvgIpc) is 2.73. The Bertz CT molecular complexity index is 833. The van der Waals surface area contributed by atoms with Crippen LogP contribution in [0, 0.1) is 0 Å². The first-order valence-electron chi connectivity index (χ1n) is 9.83. The number of nitrogens with one attached hydrogen (secondary N) is 1. The van der Waals surface area contributed by atoms with Crippen molar-refractivity contribution in [3.63, 3.8) is 0 Å². The standard InChI is InChI=1S/C24H27N3/c1-2-7-20(8-3-1)15-24-16-22-10-4-5-11-23(22)19-27(24)14-13-26-18-21-9-6-12-25-17-21/h1-12,17,24,26H,13-16,18-19H2. The van der Waals surface area contributed by atoms with Crippen molar-refractivity contribution in [1.29, 1.82) is 0 Å². The largest absolute Gasteiger partial charge is 0.311 e. The van der Waals surface area contributed by atoms with Gasteiger partial charge in [-0.15, -0.1) is 0 Å². The van der Waals surface area contributed by atoms with Gasteiger partial charge in [0.05, 0.1) is 0 Å². The van der Waals surface area contributed by atoms with E-state index in [1.165, 1.54) is 22.3 Å². The molecule has 0 spiro atoms. The van der Waals surface area contributed by atoms with Gasteiger partial charge in [-0.25, -0.2) is 0 Å². The van der Waals surface area contributed by atoms with E-state index >= 15 is 0 Å². The van der Waals surface area contributed by atoms with Gasteiger partial charge in [0.25, 0.3) is 0 Å². The third-order valence-corrected chi connectivity index (χ3v) is 5.41. The van der Waals surface area contributed by atoms with Gasteiger partial charge in [-0.05, 0) is 41.2 Å². The van der Waals surface area contributed by atoms with Gasteiger partial charge in [0.1, 0.15) is 0 Å². The lowest BCUT2D eigenvalue weighted by molar-refractivity contribution is 0.170. The molecule has 2 heterocycles. The van der Waals surface area contributed by atoms with E-state index in [-0.39, 0.29) is 0 Å². The molecule has 3 aromatic rings. The molecule has 1 aromatic heterocycles. The van der Waals surface area contributed by atoms with Crippen LogP contribution in [0.4, 0.5) is 0 Å². The van der Waals surface area contributed by atoms with Gasteiger partial charge in [0.15, 0.2) is 0 Å². The van der Waals surface area contributed by atoms with E-state index in [4.69, 9.17) is 0 Å². The lowest BCUT2D eigenvalue weighted by Crippen LogP contribution is -2.44. The number of benzene rings is 2. The SMILES string of the molecule is c1ccc(CC2Cc3ccccc3CN2CCNCc2cccnc2)cc1. The maximum Gasteiger partial charge on any atom is 0.0312 e. The number of aromatic nitrogens is 1. The highest BCUT2D eigenvalue weighted by Crippen LogP contribution is 2.25. The average molecular weight is 358 g/mol. The maximum absolute atomic E-state index is 4.19. The van der Waals surface area contributed by atoms with E-state index in [0.717, 1.165) is 39.0 Å². The number of fused-ring (bicyclic) bond motifs is 1. The van der Waals surface area contributed by atoms with E-state index in [0.29, 0.717) is 6.04 Å². The molecule has 0 aliphatic carbocycles. The molecule has 2 aromatic carbocycles. The first-order chi connectivity index (χ1) is 13.4. The summed E-state index contributed by atoms with van der Waals surface area (Å²) in [6.07, 6.45) is 6.00. The number of pyridine rings is 1. The molecule has 1 aliphatic rings. The molecule has 1 N–H and O–H groups in total. The minimum atomic E-state index is 0.558. The molecule has 0 saturated heterocycles. The van der Waals surface area contributed by atoms with Gasteiger partial charge in [0, 0.05) is 44.6 Å². The minimum absolute atomic E-state index is 0.558. The summed E-state index contributed by atoms with van der Waals surface area (Å²) in [5.74, 6) is 0. The third-order valence-electron chi connectivity index (χ3n) is 5.41. The molecule has 0 fully saturated rings. The molecule has 3 nitrogen and oxygen atoms in total. The second-order valence-electron chi connectivity index (χ2n) is 7.32.